The molecule has 1 aromatic heterocycles. The quantitative estimate of drug-likeness (QED) is 0.0791. The summed E-state index contributed by atoms with van der Waals surface area (Å²) in [4.78, 5) is 22.2. The van der Waals surface area contributed by atoms with Gasteiger partial charge in [-0.05, 0) is 16.7 Å². The van der Waals surface area contributed by atoms with Gasteiger partial charge in [-0.25, -0.2) is 9.78 Å². The molecule has 0 spiro atoms. The van der Waals surface area contributed by atoms with Crippen molar-refractivity contribution >= 4 is 28.1 Å². The molecule has 0 bridgehead atoms. The molecule has 0 aliphatic heterocycles. The average molecular weight is 484 g/mol. The third-order valence-electron chi connectivity index (χ3n) is 5.39. The first-order valence-electron chi connectivity index (χ1n) is 11.0. The number of carbonyl (C=O) groups excluding carboxylic acids is 1. The van der Waals surface area contributed by atoms with Gasteiger partial charge in [0.15, 0.2) is 5.13 Å². The van der Waals surface area contributed by atoms with Crippen LogP contribution in [0.15, 0.2) is 114 Å². The fraction of sp³-hybridized carbons (Fsp3) is 0.107. The van der Waals surface area contributed by atoms with Crippen LogP contribution in [0.3, 0.4) is 0 Å². The number of benzene rings is 3. The van der Waals surface area contributed by atoms with Gasteiger partial charge in [0.25, 0.3) is 0 Å². The van der Waals surface area contributed by atoms with Crippen LogP contribution < -0.4 is 5.32 Å². The van der Waals surface area contributed by atoms with E-state index in [9.17, 15) is 4.79 Å². The number of anilines is 1. The van der Waals surface area contributed by atoms with Crippen LogP contribution in [0.1, 0.15) is 22.4 Å². The minimum absolute atomic E-state index is 0.0108. The number of ether oxygens (including phenoxy) is 1. The zero-order valence-electron chi connectivity index (χ0n) is 19.3. The fourth-order valence-electron chi connectivity index (χ4n) is 3.82. The Hall–Kier alpha value is -4.23. The number of hydrogen-bond acceptors (Lipinski definition) is 7. The van der Waals surface area contributed by atoms with Crippen LogP contribution in [0.5, 0.6) is 0 Å². The average Bonchev–Trinajstić information content (AvgIpc) is 3.39. The number of nitrogens with one attached hydrogen (secondary N) is 1. The Morgan fingerprint density at radius 2 is 1.49 bits per heavy atom. The summed E-state index contributed by atoms with van der Waals surface area (Å²) in [6.45, 7) is 3.75. The normalized spacial score (nSPS) is 11.5. The Labute approximate surface area is 208 Å². The van der Waals surface area contributed by atoms with E-state index >= 15 is 0 Å². The molecule has 6 nitrogen and oxygen atoms in total. The van der Waals surface area contributed by atoms with Crippen LogP contribution in [-0.4, -0.2) is 30.4 Å². The highest BCUT2D eigenvalue weighted by Gasteiger charge is 2.37. The lowest BCUT2D eigenvalue weighted by Gasteiger charge is -2.36. The number of methoxy groups -OCH3 is 1. The van der Waals surface area contributed by atoms with Crippen molar-refractivity contribution in [2.24, 2.45) is 5.16 Å². The Bertz CT molecular complexity index is 1190. The first-order chi connectivity index (χ1) is 17.2. The second-order valence-electron chi connectivity index (χ2n) is 7.53. The molecule has 0 saturated carbocycles. The van der Waals surface area contributed by atoms with E-state index in [1.165, 1.54) is 18.4 Å². The molecular weight excluding hydrogens is 458 g/mol. The molecule has 35 heavy (non-hydrogen) atoms. The number of nitrogens with zero attached hydrogens (tertiary/aromatic N) is 2. The van der Waals surface area contributed by atoms with Crippen LogP contribution >= 0.6 is 11.3 Å². The van der Waals surface area contributed by atoms with Gasteiger partial charge in [0.05, 0.1) is 7.11 Å². The van der Waals surface area contributed by atoms with Gasteiger partial charge in [-0.15, -0.1) is 11.3 Å². The van der Waals surface area contributed by atoms with E-state index in [2.05, 4.69) is 58.4 Å². The SMILES string of the molecule is C=CCO/N=C(/C(=O)OC)c1csc(NC(c2ccccc2)(c2ccccc2)c2ccccc2)n1. The lowest BCUT2D eigenvalue weighted by molar-refractivity contribution is -0.132. The third-order valence-corrected chi connectivity index (χ3v) is 6.15. The zero-order chi connectivity index (χ0) is 24.5. The van der Waals surface area contributed by atoms with Crippen molar-refractivity contribution in [2.45, 2.75) is 5.54 Å². The number of esters is 1. The van der Waals surface area contributed by atoms with E-state index in [1.807, 2.05) is 54.6 Å². The molecule has 0 unspecified atom stereocenters. The molecule has 7 heteroatoms. The first-order valence-corrected chi connectivity index (χ1v) is 11.9. The minimum atomic E-state index is -0.735. The summed E-state index contributed by atoms with van der Waals surface area (Å²) in [5, 5.41) is 9.97. The second kappa shape index (κ2) is 11.3. The molecule has 176 valence electrons. The number of oxime groups is 1. The molecule has 0 saturated heterocycles. The summed E-state index contributed by atoms with van der Waals surface area (Å²) >= 11 is 1.37. The molecule has 4 rings (SSSR count). The van der Waals surface area contributed by atoms with Crippen LogP contribution in [0.4, 0.5) is 5.13 Å². The lowest BCUT2D eigenvalue weighted by Crippen LogP contribution is -2.38. The number of rotatable bonds is 10. The molecule has 0 aliphatic rings. The van der Waals surface area contributed by atoms with Gasteiger partial charge < -0.3 is 14.9 Å². The second-order valence-corrected chi connectivity index (χ2v) is 8.38. The predicted molar refractivity (Wildman–Crippen MR) is 140 cm³/mol. The van der Waals surface area contributed by atoms with Gasteiger partial charge >= 0.3 is 5.97 Å². The van der Waals surface area contributed by atoms with Crippen LogP contribution in [0, 0.1) is 0 Å². The molecule has 0 atom stereocenters. The van der Waals surface area contributed by atoms with Gasteiger partial charge in [-0.2, -0.15) is 0 Å². The van der Waals surface area contributed by atoms with Gasteiger partial charge in [0, 0.05) is 5.38 Å². The van der Waals surface area contributed by atoms with Crippen LogP contribution in [0.25, 0.3) is 0 Å². The number of carbonyl (C=O) groups is 1. The molecule has 1 N–H and O–H groups in total. The van der Waals surface area contributed by atoms with Gasteiger partial charge in [0.1, 0.15) is 17.8 Å². The molecular formula is C28H25N3O3S. The van der Waals surface area contributed by atoms with Crippen molar-refractivity contribution in [2.75, 3.05) is 19.0 Å². The van der Waals surface area contributed by atoms with E-state index in [4.69, 9.17) is 9.57 Å². The minimum Gasteiger partial charge on any atom is -0.464 e. The third kappa shape index (κ3) is 5.15. The van der Waals surface area contributed by atoms with Gasteiger partial charge in [-0.1, -0.05) is 109 Å². The summed E-state index contributed by atoms with van der Waals surface area (Å²) in [7, 11) is 1.29. The highest BCUT2D eigenvalue weighted by molar-refractivity contribution is 7.14. The lowest BCUT2D eigenvalue weighted by atomic mass is 9.77. The van der Waals surface area contributed by atoms with E-state index < -0.39 is 11.5 Å². The smallest absolute Gasteiger partial charge is 0.362 e. The van der Waals surface area contributed by atoms with Crippen molar-refractivity contribution in [1.29, 1.82) is 0 Å². The van der Waals surface area contributed by atoms with Crippen molar-refractivity contribution in [3.63, 3.8) is 0 Å². The number of thiazole rings is 1. The standard InChI is InChI=1S/C28H25N3O3S/c1-3-19-34-31-25(26(32)33-2)24-20-35-27(29-24)30-28(21-13-7-4-8-14-21,22-15-9-5-10-16-22)23-17-11-6-12-18-23/h3-18,20H,1,19H2,2H3,(H,29,30)/b31-25+. The van der Waals surface area contributed by atoms with Crippen molar-refractivity contribution in [1.82, 2.24) is 4.98 Å². The highest BCUT2D eigenvalue weighted by atomic mass is 32.1. The van der Waals surface area contributed by atoms with Crippen molar-refractivity contribution in [3.8, 4) is 0 Å². The molecule has 3 aromatic carbocycles. The summed E-state index contributed by atoms with van der Waals surface area (Å²) in [5.74, 6) is -0.633. The molecule has 0 fully saturated rings. The van der Waals surface area contributed by atoms with E-state index in [0.29, 0.717) is 10.8 Å². The Morgan fingerprint density at radius 1 is 0.971 bits per heavy atom. The molecule has 1 heterocycles. The predicted octanol–water partition coefficient (Wildman–Crippen LogP) is 5.63. The largest absolute Gasteiger partial charge is 0.464 e. The maximum absolute atomic E-state index is 12.4. The monoisotopic (exact) mass is 483 g/mol. The fourth-order valence-corrected chi connectivity index (χ4v) is 4.57. The van der Waals surface area contributed by atoms with E-state index in [1.54, 1.807) is 11.5 Å². The highest BCUT2D eigenvalue weighted by Crippen LogP contribution is 2.40. The van der Waals surface area contributed by atoms with Crippen LogP contribution in [0.2, 0.25) is 0 Å². The van der Waals surface area contributed by atoms with Crippen molar-refractivity contribution < 1.29 is 14.4 Å². The summed E-state index contributed by atoms with van der Waals surface area (Å²) < 4.78 is 4.88. The van der Waals surface area contributed by atoms with Crippen molar-refractivity contribution in [3.05, 3.63) is 131 Å². The maximum atomic E-state index is 12.4. The molecule has 0 radical (unpaired) electrons. The Kier molecular flexibility index (Phi) is 7.70. The Balaban J connectivity index is 1.84. The van der Waals surface area contributed by atoms with Gasteiger partial charge in [-0.3, -0.25) is 0 Å². The van der Waals surface area contributed by atoms with E-state index in [-0.39, 0.29) is 12.3 Å². The summed E-state index contributed by atoms with van der Waals surface area (Å²) in [6.07, 6.45) is 1.54. The molecule has 0 aliphatic carbocycles. The maximum Gasteiger partial charge on any atom is 0.362 e. The topological polar surface area (TPSA) is 72.8 Å². The number of aromatic nitrogens is 1. The summed E-state index contributed by atoms with van der Waals surface area (Å²) in [6, 6.07) is 30.6. The van der Waals surface area contributed by atoms with Gasteiger partial charge in [0.2, 0.25) is 5.71 Å². The zero-order valence-corrected chi connectivity index (χ0v) is 20.1. The molecule has 0 amide bonds. The first kappa shape index (κ1) is 23.9. The van der Waals surface area contributed by atoms with Crippen LogP contribution in [-0.2, 0) is 19.9 Å². The van der Waals surface area contributed by atoms with E-state index in [0.717, 1.165) is 16.7 Å². The Morgan fingerprint density at radius 3 is 1.94 bits per heavy atom. The number of hydrogen-bond donors (Lipinski definition) is 1. The molecule has 4 aromatic rings. The summed E-state index contributed by atoms with van der Waals surface area (Å²) in [5.41, 5.74) is 2.75.